The van der Waals surface area contributed by atoms with Crippen LogP contribution in [0.25, 0.3) is 11.0 Å². The highest BCUT2D eigenvalue weighted by Gasteiger charge is 2.08. The number of nitrogens with one attached hydrogen (secondary N) is 2. The van der Waals surface area contributed by atoms with E-state index in [-0.39, 0.29) is 5.91 Å². The summed E-state index contributed by atoms with van der Waals surface area (Å²) in [4.78, 5) is 19.4. The van der Waals surface area contributed by atoms with Gasteiger partial charge in [0.1, 0.15) is 5.82 Å². The Balaban J connectivity index is 1.75. The van der Waals surface area contributed by atoms with Crippen molar-refractivity contribution < 1.29 is 4.79 Å². The second-order valence-corrected chi connectivity index (χ2v) is 5.49. The Morgan fingerprint density at radius 1 is 1.29 bits per heavy atom. The first-order chi connectivity index (χ1) is 10.1. The third-order valence-electron chi connectivity index (χ3n) is 3.11. The molecule has 2 aromatic heterocycles. The molecule has 0 bridgehead atoms. The van der Waals surface area contributed by atoms with Crippen LogP contribution >= 0.6 is 15.9 Å². The van der Waals surface area contributed by atoms with Crippen LogP contribution in [0.3, 0.4) is 0 Å². The smallest absolute Gasteiger partial charge is 0.251 e. The predicted octanol–water partition coefficient (Wildman–Crippen LogP) is 2.84. The first-order valence-corrected chi connectivity index (χ1v) is 7.19. The summed E-state index contributed by atoms with van der Waals surface area (Å²) in [5.41, 5.74) is 8.92. The second kappa shape index (κ2) is 5.57. The van der Waals surface area contributed by atoms with Gasteiger partial charge >= 0.3 is 0 Å². The van der Waals surface area contributed by atoms with Gasteiger partial charge in [0.15, 0.2) is 0 Å². The van der Waals surface area contributed by atoms with Crippen molar-refractivity contribution in [3.8, 4) is 0 Å². The second-order valence-electron chi connectivity index (χ2n) is 4.63. The van der Waals surface area contributed by atoms with E-state index in [4.69, 9.17) is 5.73 Å². The number of H-pyrrole nitrogens is 1. The van der Waals surface area contributed by atoms with Crippen LogP contribution in [-0.2, 0) is 6.54 Å². The molecule has 1 aromatic carbocycles. The molecule has 0 aliphatic rings. The highest BCUT2D eigenvalue weighted by atomic mass is 79.9. The summed E-state index contributed by atoms with van der Waals surface area (Å²) in [6.07, 6.45) is 0. The number of rotatable bonds is 3. The van der Waals surface area contributed by atoms with Gasteiger partial charge in [-0.15, -0.1) is 0 Å². The average Bonchev–Trinajstić information content (AvgIpc) is 2.88. The van der Waals surface area contributed by atoms with Crippen LogP contribution in [0.4, 0.5) is 5.82 Å². The summed E-state index contributed by atoms with van der Waals surface area (Å²) >= 11 is 3.34. The van der Waals surface area contributed by atoms with Gasteiger partial charge in [0.25, 0.3) is 5.91 Å². The van der Waals surface area contributed by atoms with Crippen molar-refractivity contribution in [2.45, 2.75) is 6.54 Å². The Labute approximate surface area is 129 Å². The minimum atomic E-state index is -0.108. The molecule has 3 rings (SSSR count). The lowest BCUT2D eigenvalue weighted by molar-refractivity contribution is 0.0950. The zero-order valence-corrected chi connectivity index (χ0v) is 12.6. The minimum Gasteiger partial charge on any atom is -0.383 e. The van der Waals surface area contributed by atoms with Crippen LogP contribution < -0.4 is 11.1 Å². The molecular weight excluding hydrogens is 332 g/mol. The van der Waals surface area contributed by atoms with Gasteiger partial charge < -0.3 is 16.0 Å². The standard InChI is InChI=1S/C15H13BrN4O/c16-11-7-13-12(20-14(11)17)6-10(19-13)8-18-15(21)9-4-2-1-3-5-9/h1-7,19H,8H2,(H2,17,20)(H,18,21). The Bertz CT molecular complexity index is 759. The number of fused-ring (bicyclic) bond motifs is 1. The van der Waals surface area contributed by atoms with Crippen LogP contribution in [0.2, 0.25) is 0 Å². The average molecular weight is 345 g/mol. The molecule has 0 radical (unpaired) electrons. The number of nitrogens with two attached hydrogens (primary N) is 1. The topological polar surface area (TPSA) is 83.8 Å². The fraction of sp³-hybridized carbons (Fsp3) is 0.0667. The van der Waals surface area contributed by atoms with Gasteiger partial charge in [-0.1, -0.05) is 18.2 Å². The molecule has 4 N–H and O–H groups in total. The molecule has 0 spiro atoms. The lowest BCUT2D eigenvalue weighted by atomic mass is 10.2. The molecule has 3 aromatic rings. The van der Waals surface area contributed by atoms with E-state index in [9.17, 15) is 4.79 Å². The molecular formula is C15H13BrN4O. The Kier molecular flexibility index (Phi) is 3.62. The van der Waals surface area contributed by atoms with E-state index in [1.807, 2.05) is 30.3 Å². The molecule has 0 saturated carbocycles. The molecule has 1 amide bonds. The summed E-state index contributed by atoms with van der Waals surface area (Å²) in [6.45, 7) is 0.404. The zero-order valence-electron chi connectivity index (χ0n) is 11.1. The van der Waals surface area contributed by atoms with Crippen LogP contribution in [0, 0.1) is 0 Å². The number of nitrogen functional groups attached to an aromatic ring is 1. The number of nitrogens with zero attached hydrogens (tertiary/aromatic N) is 1. The summed E-state index contributed by atoms with van der Waals surface area (Å²) < 4.78 is 0.747. The van der Waals surface area contributed by atoms with Crippen molar-refractivity contribution in [2.24, 2.45) is 0 Å². The SMILES string of the molecule is Nc1nc2cc(CNC(=O)c3ccccc3)[nH]c2cc1Br. The highest BCUT2D eigenvalue weighted by Crippen LogP contribution is 2.23. The Morgan fingerprint density at radius 2 is 2.05 bits per heavy atom. The monoisotopic (exact) mass is 344 g/mol. The number of hydrogen-bond acceptors (Lipinski definition) is 3. The molecule has 0 fully saturated rings. The number of hydrogen-bond donors (Lipinski definition) is 3. The minimum absolute atomic E-state index is 0.108. The number of aromatic nitrogens is 2. The zero-order chi connectivity index (χ0) is 14.8. The van der Waals surface area contributed by atoms with Crippen molar-refractivity contribution in [1.29, 1.82) is 0 Å². The van der Waals surface area contributed by atoms with E-state index in [2.05, 4.69) is 31.2 Å². The molecule has 2 heterocycles. The fourth-order valence-electron chi connectivity index (χ4n) is 2.06. The van der Waals surface area contributed by atoms with E-state index >= 15 is 0 Å². The molecule has 5 nitrogen and oxygen atoms in total. The maximum Gasteiger partial charge on any atom is 0.251 e. The van der Waals surface area contributed by atoms with Gasteiger partial charge in [-0.25, -0.2) is 4.98 Å². The normalized spacial score (nSPS) is 10.7. The maximum atomic E-state index is 12.0. The number of aromatic amines is 1. The molecule has 6 heteroatoms. The molecule has 0 aliphatic carbocycles. The first kappa shape index (κ1) is 13.6. The van der Waals surface area contributed by atoms with Gasteiger partial charge in [-0.3, -0.25) is 4.79 Å². The van der Waals surface area contributed by atoms with Crippen LogP contribution in [0.1, 0.15) is 16.1 Å². The summed E-state index contributed by atoms with van der Waals surface area (Å²) in [5, 5.41) is 2.86. The Hall–Kier alpha value is -2.34. The number of pyridine rings is 1. The van der Waals surface area contributed by atoms with Gasteiger partial charge in [0.05, 0.1) is 22.1 Å². The largest absolute Gasteiger partial charge is 0.383 e. The lowest BCUT2D eigenvalue weighted by Crippen LogP contribution is -2.22. The highest BCUT2D eigenvalue weighted by molar-refractivity contribution is 9.10. The fourth-order valence-corrected chi connectivity index (χ4v) is 2.38. The third-order valence-corrected chi connectivity index (χ3v) is 3.75. The van der Waals surface area contributed by atoms with Crippen LogP contribution in [-0.4, -0.2) is 15.9 Å². The quantitative estimate of drug-likeness (QED) is 0.683. The van der Waals surface area contributed by atoms with Crippen molar-refractivity contribution >= 4 is 38.7 Å². The van der Waals surface area contributed by atoms with Gasteiger partial charge in [-0.2, -0.15) is 0 Å². The molecule has 0 aliphatic heterocycles. The lowest BCUT2D eigenvalue weighted by Gasteiger charge is -2.03. The van der Waals surface area contributed by atoms with Gasteiger partial charge in [0, 0.05) is 11.3 Å². The number of halogens is 1. The summed E-state index contributed by atoms with van der Waals surface area (Å²) in [6, 6.07) is 12.9. The molecule has 0 saturated heterocycles. The van der Waals surface area contributed by atoms with E-state index in [0.29, 0.717) is 17.9 Å². The van der Waals surface area contributed by atoms with Gasteiger partial charge in [-0.05, 0) is 40.2 Å². The van der Waals surface area contributed by atoms with Crippen molar-refractivity contribution in [2.75, 3.05) is 5.73 Å². The number of carbonyl (C=O) groups excluding carboxylic acids is 1. The summed E-state index contributed by atoms with van der Waals surface area (Å²) in [5.74, 6) is 0.337. The summed E-state index contributed by atoms with van der Waals surface area (Å²) in [7, 11) is 0. The first-order valence-electron chi connectivity index (χ1n) is 6.40. The number of anilines is 1. The van der Waals surface area contributed by atoms with Crippen LogP contribution in [0.15, 0.2) is 46.9 Å². The van der Waals surface area contributed by atoms with E-state index in [1.54, 1.807) is 12.1 Å². The maximum absolute atomic E-state index is 12.0. The third kappa shape index (κ3) is 2.90. The number of amides is 1. The van der Waals surface area contributed by atoms with Crippen molar-refractivity contribution in [3.05, 3.63) is 58.2 Å². The van der Waals surface area contributed by atoms with Gasteiger partial charge in [0.2, 0.25) is 0 Å². The molecule has 106 valence electrons. The van der Waals surface area contributed by atoms with E-state index in [1.165, 1.54) is 0 Å². The molecule has 21 heavy (non-hydrogen) atoms. The molecule has 0 unspecified atom stereocenters. The number of carbonyl (C=O) groups is 1. The molecule has 0 atom stereocenters. The van der Waals surface area contributed by atoms with E-state index in [0.717, 1.165) is 21.2 Å². The van der Waals surface area contributed by atoms with Crippen molar-refractivity contribution in [1.82, 2.24) is 15.3 Å². The van der Waals surface area contributed by atoms with E-state index < -0.39 is 0 Å². The van der Waals surface area contributed by atoms with Crippen LogP contribution in [0.5, 0.6) is 0 Å². The number of benzene rings is 1. The Morgan fingerprint density at radius 3 is 2.81 bits per heavy atom. The predicted molar refractivity (Wildman–Crippen MR) is 85.8 cm³/mol. The van der Waals surface area contributed by atoms with Crippen molar-refractivity contribution in [3.63, 3.8) is 0 Å².